The molecule has 1 aromatic carbocycles. The minimum Gasteiger partial charge on any atom is -0.480 e. The van der Waals surface area contributed by atoms with Gasteiger partial charge in [0.15, 0.2) is 0 Å². The van der Waals surface area contributed by atoms with Gasteiger partial charge < -0.3 is 15.7 Å². The van der Waals surface area contributed by atoms with Gasteiger partial charge in [0.05, 0.1) is 0 Å². The Morgan fingerprint density at radius 1 is 1.62 bits per heavy atom. The zero-order chi connectivity index (χ0) is 11.7. The lowest BCUT2D eigenvalue weighted by Crippen LogP contribution is -2.32. The molecule has 2 rings (SSSR count). The fourth-order valence-electron chi connectivity index (χ4n) is 2.18. The predicted octanol–water partition coefficient (Wildman–Crippen LogP) is 0.633. The molecule has 0 spiro atoms. The highest BCUT2D eigenvalue weighted by molar-refractivity contribution is 5.74. The summed E-state index contributed by atoms with van der Waals surface area (Å²) >= 11 is 0. The Kier molecular flexibility index (Phi) is 2.83. The SMILES string of the molecule is CN1CCc2c(CC(N)C(=O)O)cccc21. The molecular formula is C12H16N2O2. The van der Waals surface area contributed by atoms with E-state index < -0.39 is 12.0 Å². The van der Waals surface area contributed by atoms with Crippen LogP contribution in [0.15, 0.2) is 18.2 Å². The van der Waals surface area contributed by atoms with Crippen LogP contribution in [-0.4, -0.2) is 30.7 Å². The maximum atomic E-state index is 10.7. The summed E-state index contributed by atoms with van der Waals surface area (Å²) in [6, 6.07) is 5.20. The summed E-state index contributed by atoms with van der Waals surface area (Å²) < 4.78 is 0. The van der Waals surface area contributed by atoms with Crippen LogP contribution < -0.4 is 10.6 Å². The van der Waals surface area contributed by atoms with Gasteiger partial charge in [-0.15, -0.1) is 0 Å². The van der Waals surface area contributed by atoms with E-state index in [1.807, 2.05) is 19.2 Å². The van der Waals surface area contributed by atoms with E-state index >= 15 is 0 Å². The molecule has 1 aliphatic rings. The number of hydrogen-bond donors (Lipinski definition) is 2. The van der Waals surface area contributed by atoms with Crippen molar-refractivity contribution in [2.75, 3.05) is 18.5 Å². The van der Waals surface area contributed by atoms with Crippen LogP contribution in [0.5, 0.6) is 0 Å². The van der Waals surface area contributed by atoms with E-state index in [0.29, 0.717) is 6.42 Å². The molecule has 0 saturated heterocycles. The molecule has 1 unspecified atom stereocenters. The Balaban J connectivity index is 2.26. The van der Waals surface area contributed by atoms with E-state index in [9.17, 15) is 4.79 Å². The first-order valence-corrected chi connectivity index (χ1v) is 5.40. The summed E-state index contributed by atoms with van der Waals surface area (Å²) in [4.78, 5) is 12.9. The first-order valence-electron chi connectivity index (χ1n) is 5.40. The van der Waals surface area contributed by atoms with Crippen molar-refractivity contribution in [2.24, 2.45) is 5.73 Å². The summed E-state index contributed by atoms with van der Waals surface area (Å²) in [7, 11) is 2.05. The molecule has 1 heterocycles. The summed E-state index contributed by atoms with van der Waals surface area (Å²) in [6.45, 7) is 0.995. The maximum absolute atomic E-state index is 10.7. The number of fused-ring (bicyclic) bond motifs is 1. The number of carboxylic acid groups (broad SMARTS) is 1. The van der Waals surface area contributed by atoms with Crippen molar-refractivity contribution in [3.63, 3.8) is 0 Å². The molecule has 86 valence electrons. The lowest BCUT2D eigenvalue weighted by Gasteiger charge is -2.14. The van der Waals surface area contributed by atoms with Crippen LogP contribution in [0.1, 0.15) is 11.1 Å². The number of aliphatic carboxylic acids is 1. The van der Waals surface area contributed by atoms with Crippen molar-refractivity contribution in [2.45, 2.75) is 18.9 Å². The normalized spacial score (nSPS) is 16.0. The molecule has 3 N–H and O–H groups in total. The number of likely N-dealkylation sites (N-methyl/N-ethyl adjacent to an activating group) is 1. The molecule has 4 nitrogen and oxygen atoms in total. The van der Waals surface area contributed by atoms with Crippen molar-refractivity contribution in [3.8, 4) is 0 Å². The van der Waals surface area contributed by atoms with Crippen LogP contribution in [0, 0.1) is 0 Å². The third-order valence-electron chi connectivity index (χ3n) is 3.11. The molecule has 16 heavy (non-hydrogen) atoms. The quantitative estimate of drug-likeness (QED) is 0.784. The number of rotatable bonds is 3. The maximum Gasteiger partial charge on any atom is 0.320 e. The molecule has 0 bridgehead atoms. The van der Waals surface area contributed by atoms with Crippen molar-refractivity contribution < 1.29 is 9.90 Å². The van der Waals surface area contributed by atoms with Crippen LogP contribution in [0.4, 0.5) is 5.69 Å². The van der Waals surface area contributed by atoms with Gasteiger partial charge in [0.1, 0.15) is 6.04 Å². The molecule has 1 aromatic rings. The number of carboxylic acids is 1. The van der Waals surface area contributed by atoms with Gasteiger partial charge in [-0.2, -0.15) is 0 Å². The van der Waals surface area contributed by atoms with Crippen LogP contribution in [0.25, 0.3) is 0 Å². The first kappa shape index (κ1) is 11.0. The third-order valence-corrected chi connectivity index (χ3v) is 3.11. The highest BCUT2D eigenvalue weighted by atomic mass is 16.4. The number of nitrogens with zero attached hydrogens (tertiary/aromatic N) is 1. The smallest absolute Gasteiger partial charge is 0.320 e. The zero-order valence-electron chi connectivity index (χ0n) is 9.31. The number of benzene rings is 1. The number of anilines is 1. The van der Waals surface area contributed by atoms with E-state index in [-0.39, 0.29) is 0 Å². The van der Waals surface area contributed by atoms with Crippen LogP contribution in [-0.2, 0) is 17.6 Å². The van der Waals surface area contributed by atoms with Crippen LogP contribution in [0.3, 0.4) is 0 Å². The summed E-state index contributed by atoms with van der Waals surface area (Å²) in [6.07, 6.45) is 1.39. The average Bonchev–Trinajstić information content (AvgIpc) is 2.62. The molecule has 0 aliphatic carbocycles. The summed E-state index contributed by atoms with van der Waals surface area (Å²) in [5.74, 6) is -0.941. The van der Waals surface area contributed by atoms with E-state index in [1.165, 1.54) is 11.3 Å². The van der Waals surface area contributed by atoms with Crippen molar-refractivity contribution in [3.05, 3.63) is 29.3 Å². The number of nitrogens with two attached hydrogens (primary N) is 1. The van der Waals surface area contributed by atoms with Gasteiger partial charge in [-0.1, -0.05) is 12.1 Å². The Labute approximate surface area is 94.7 Å². The molecule has 0 fully saturated rings. The zero-order valence-corrected chi connectivity index (χ0v) is 9.31. The van der Waals surface area contributed by atoms with Gasteiger partial charge in [-0.05, 0) is 30.0 Å². The van der Waals surface area contributed by atoms with Gasteiger partial charge in [-0.3, -0.25) is 4.79 Å². The summed E-state index contributed by atoms with van der Waals surface area (Å²) in [5, 5.41) is 8.81. The molecule has 0 saturated carbocycles. The lowest BCUT2D eigenvalue weighted by atomic mass is 9.99. The first-order chi connectivity index (χ1) is 7.59. The lowest BCUT2D eigenvalue weighted by molar-refractivity contribution is -0.138. The third kappa shape index (κ3) is 1.88. The monoisotopic (exact) mass is 220 g/mol. The van der Waals surface area contributed by atoms with E-state index in [1.54, 1.807) is 0 Å². The molecule has 1 atom stereocenters. The Morgan fingerprint density at radius 3 is 3.06 bits per heavy atom. The fourth-order valence-corrected chi connectivity index (χ4v) is 2.18. The van der Waals surface area contributed by atoms with E-state index in [0.717, 1.165) is 18.5 Å². The topological polar surface area (TPSA) is 66.6 Å². The van der Waals surface area contributed by atoms with E-state index in [2.05, 4.69) is 11.0 Å². The molecule has 4 heteroatoms. The van der Waals surface area contributed by atoms with Gasteiger partial charge in [0.25, 0.3) is 0 Å². The summed E-state index contributed by atoms with van der Waals surface area (Å²) in [5.41, 5.74) is 9.09. The van der Waals surface area contributed by atoms with Gasteiger partial charge in [0.2, 0.25) is 0 Å². The average molecular weight is 220 g/mol. The van der Waals surface area contributed by atoms with Gasteiger partial charge in [0, 0.05) is 19.3 Å². The molecular weight excluding hydrogens is 204 g/mol. The molecule has 0 aromatic heterocycles. The second-order valence-corrected chi connectivity index (χ2v) is 4.24. The van der Waals surface area contributed by atoms with Crippen LogP contribution >= 0.6 is 0 Å². The van der Waals surface area contributed by atoms with Gasteiger partial charge in [-0.25, -0.2) is 0 Å². The second kappa shape index (κ2) is 4.14. The molecule has 0 radical (unpaired) electrons. The van der Waals surface area contributed by atoms with Crippen LogP contribution in [0.2, 0.25) is 0 Å². The fraction of sp³-hybridized carbons (Fsp3) is 0.417. The second-order valence-electron chi connectivity index (χ2n) is 4.24. The number of carbonyl (C=O) groups is 1. The van der Waals surface area contributed by atoms with Crippen molar-refractivity contribution >= 4 is 11.7 Å². The minimum atomic E-state index is -0.941. The van der Waals surface area contributed by atoms with Crippen molar-refractivity contribution in [1.29, 1.82) is 0 Å². The Bertz CT molecular complexity index is 417. The predicted molar refractivity (Wildman–Crippen MR) is 62.7 cm³/mol. The number of hydrogen-bond acceptors (Lipinski definition) is 3. The minimum absolute atomic E-state index is 0.409. The molecule has 1 aliphatic heterocycles. The largest absolute Gasteiger partial charge is 0.480 e. The highest BCUT2D eigenvalue weighted by Gasteiger charge is 2.21. The van der Waals surface area contributed by atoms with Crippen molar-refractivity contribution in [1.82, 2.24) is 0 Å². The molecule has 0 amide bonds. The standard InChI is InChI=1S/C12H16N2O2/c1-14-6-5-9-8(3-2-4-11(9)14)7-10(13)12(15)16/h2-4,10H,5-7,13H2,1H3,(H,15,16). The highest BCUT2D eigenvalue weighted by Crippen LogP contribution is 2.29. The van der Waals surface area contributed by atoms with E-state index in [4.69, 9.17) is 10.8 Å². The Morgan fingerprint density at radius 2 is 2.38 bits per heavy atom. The van der Waals surface area contributed by atoms with Gasteiger partial charge >= 0.3 is 5.97 Å². The Hall–Kier alpha value is -1.55.